The summed E-state index contributed by atoms with van der Waals surface area (Å²) in [6.45, 7) is 8.00. The molecule has 5 aromatic rings. The van der Waals surface area contributed by atoms with Crippen LogP contribution in [-0.4, -0.2) is 116 Å². The van der Waals surface area contributed by atoms with Crippen molar-refractivity contribution in [3.05, 3.63) is 138 Å². The van der Waals surface area contributed by atoms with Crippen LogP contribution in [0.5, 0.6) is 5.75 Å². The van der Waals surface area contributed by atoms with Crippen LogP contribution >= 0.6 is 0 Å². The maximum Gasteiger partial charge on any atom is 0.246 e. The van der Waals surface area contributed by atoms with Gasteiger partial charge in [-0.3, -0.25) is 19.2 Å². The van der Waals surface area contributed by atoms with Crippen molar-refractivity contribution in [2.24, 2.45) is 7.05 Å². The smallest absolute Gasteiger partial charge is 0.246 e. The number of piperazine rings is 2. The standard InChI is InChI=1S/C46H50N8O5/c1-3-22-52-31-44(58)53-39(25-33-12-16-36(55)17-13-33)46(59)51(30-42(53)54(52)43(57)19-15-32-8-5-4-6-9-32)28-35-10-7-11-37-38(29-49(2)45(35)37)40(56)26-34-14-18-41(48-27-34)50-23-20-47-21-24-50/h3-14,16-18,27,29,39,42,47,55H,1,15,19-26,28,30-31H2,2H3/t39-,42?/m0/s1. The van der Waals surface area contributed by atoms with Crippen LogP contribution in [-0.2, 0) is 47.2 Å². The fourth-order valence-corrected chi connectivity index (χ4v) is 8.76. The van der Waals surface area contributed by atoms with Crippen molar-refractivity contribution in [2.45, 2.75) is 44.4 Å². The molecule has 59 heavy (non-hydrogen) atoms. The number of phenolic OH excluding ortho intramolecular Hbond substituents is 1. The largest absolute Gasteiger partial charge is 0.508 e. The van der Waals surface area contributed by atoms with Crippen LogP contribution in [0.25, 0.3) is 10.9 Å². The average Bonchev–Trinajstić information content (AvgIpc) is 3.60. The second-order valence-corrected chi connectivity index (χ2v) is 15.6. The van der Waals surface area contributed by atoms with Crippen LogP contribution in [0, 0.1) is 0 Å². The first kappa shape index (κ1) is 39.5. The molecule has 1 unspecified atom stereocenters. The summed E-state index contributed by atoms with van der Waals surface area (Å²) in [5.74, 6) is 0.330. The molecule has 2 aromatic heterocycles. The van der Waals surface area contributed by atoms with Crippen molar-refractivity contribution in [3.8, 4) is 5.75 Å². The molecule has 2 atom stereocenters. The molecule has 0 radical (unpaired) electrons. The number of aromatic nitrogens is 2. The minimum Gasteiger partial charge on any atom is -0.508 e. The van der Waals surface area contributed by atoms with Crippen molar-refractivity contribution < 1.29 is 24.3 Å². The van der Waals surface area contributed by atoms with Gasteiger partial charge in [-0.25, -0.2) is 15.0 Å². The van der Waals surface area contributed by atoms with E-state index in [1.807, 2.05) is 78.5 Å². The van der Waals surface area contributed by atoms with Gasteiger partial charge in [-0.05, 0) is 46.9 Å². The molecule has 13 heteroatoms. The molecule has 3 saturated heterocycles. The predicted molar refractivity (Wildman–Crippen MR) is 225 cm³/mol. The van der Waals surface area contributed by atoms with Gasteiger partial charge in [0.1, 0.15) is 23.8 Å². The molecule has 3 fully saturated rings. The number of hydrogen-bond donors (Lipinski definition) is 2. The first-order valence-electron chi connectivity index (χ1n) is 20.3. The molecule has 3 amide bonds. The summed E-state index contributed by atoms with van der Waals surface area (Å²) in [5, 5.41) is 17.6. The van der Waals surface area contributed by atoms with E-state index in [1.54, 1.807) is 56.4 Å². The minimum atomic E-state index is -0.905. The number of ketones is 1. The fourth-order valence-electron chi connectivity index (χ4n) is 8.76. The minimum absolute atomic E-state index is 0.0317. The van der Waals surface area contributed by atoms with Crippen molar-refractivity contribution in [2.75, 3.05) is 50.7 Å². The molecule has 0 bridgehead atoms. The third-order valence-corrected chi connectivity index (χ3v) is 11.6. The molecule has 8 rings (SSSR count). The van der Waals surface area contributed by atoms with Crippen LogP contribution in [0.2, 0.25) is 0 Å². The van der Waals surface area contributed by atoms with E-state index in [9.17, 15) is 24.3 Å². The number of hydrogen-bond acceptors (Lipinski definition) is 9. The Kier molecular flexibility index (Phi) is 11.6. The lowest BCUT2D eigenvalue weighted by Gasteiger charge is -2.55. The van der Waals surface area contributed by atoms with Crippen LogP contribution < -0.4 is 10.2 Å². The maximum absolute atomic E-state index is 14.7. The van der Waals surface area contributed by atoms with E-state index in [0.29, 0.717) is 12.0 Å². The van der Waals surface area contributed by atoms with Crippen molar-refractivity contribution in [1.29, 1.82) is 0 Å². The van der Waals surface area contributed by atoms with E-state index in [4.69, 9.17) is 0 Å². The molecule has 0 spiro atoms. The molecule has 2 N–H and O–H groups in total. The molecular weight excluding hydrogens is 745 g/mol. The SMILES string of the molecule is C=CCN1CC(=O)N2C(CN(Cc3cccc4c(C(=O)Cc5ccc(N6CCNCC6)nc5)cn(C)c34)C(=O)[C@@H]2Cc2ccc(O)cc2)N1C(=O)CCc1ccccc1. The van der Waals surface area contributed by atoms with Crippen molar-refractivity contribution in [3.63, 3.8) is 0 Å². The van der Waals surface area contributed by atoms with E-state index in [2.05, 4.69) is 21.8 Å². The molecule has 0 aliphatic carbocycles. The zero-order chi connectivity index (χ0) is 41.0. The number of hydrazine groups is 1. The Balaban J connectivity index is 1.09. The van der Waals surface area contributed by atoms with Gasteiger partial charge in [0, 0.05) is 88.9 Å². The number of phenols is 1. The van der Waals surface area contributed by atoms with Gasteiger partial charge in [-0.1, -0.05) is 72.8 Å². The zero-order valence-corrected chi connectivity index (χ0v) is 33.4. The zero-order valence-electron chi connectivity index (χ0n) is 33.4. The van der Waals surface area contributed by atoms with Gasteiger partial charge in [-0.15, -0.1) is 6.58 Å². The molecule has 3 aromatic carbocycles. The number of carbonyl (C=O) groups excluding carboxylic acids is 4. The van der Waals surface area contributed by atoms with E-state index in [0.717, 1.165) is 65.2 Å². The summed E-state index contributed by atoms with van der Waals surface area (Å²) in [6.07, 6.45) is 5.67. The Bertz CT molecular complexity index is 2340. The summed E-state index contributed by atoms with van der Waals surface area (Å²) in [7, 11) is 1.90. The fraction of sp³-hybridized carbons (Fsp3) is 0.326. The third-order valence-electron chi connectivity index (χ3n) is 11.6. The lowest BCUT2D eigenvalue weighted by atomic mass is 9.97. The molecule has 0 saturated carbocycles. The van der Waals surface area contributed by atoms with Gasteiger partial charge in [0.05, 0.1) is 18.6 Å². The topological polar surface area (TPSA) is 135 Å². The molecule has 304 valence electrons. The summed E-state index contributed by atoms with van der Waals surface area (Å²) >= 11 is 0. The first-order chi connectivity index (χ1) is 28.7. The number of nitrogens with one attached hydrogen (secondary N) is 1. The van der Waals surface area contributed by atoms with E-state index >= 15 is 0 Å². The monoisotopic (exact) mass is 794 g/mol. The highest BCUT2D eigenvalue weighted by atomic mass is 16.3. The Hall–Kier alpha value is -6.31. The molecule has 3 aliphatic heterocycles. The van der Waals surface area contributed by atoms with Gasteiger partial charge in [0.2, 0.25) is 17.7 Å². The quantitative estimate of drug-likeness (QED) is 0.134. The highest BCUT2D eigenvalue weighted by molar-refractivity contribution is 6.09. The number of amides is 3. The molecular formula is C46H50N8O5. The Morgan fingerprint density at radius 1 is 0.932 bits per heavy atom. The molecule has 5 heterocycles. The van der Waals surface area contributed by atoms with Gasteiger partial charge < -0.3 is 29.7 Å². The Morgan fingerprint density at radius 3 is 2.42 bits per heavy atom. The van der Waals surface area contributed by atoms with Crippen LogP contribution in [0.4, 0.5) is 5.82 Å². The van der Waals surface area contributed by atoms with Gasteiger partial charge >= 0.3 is 0 Å². The highest BCUT2D eigenvalue weighted by Crippen LogP contribution is 2.32. The number of rotatable bonds is 13. The van der Waals surface area contributed by atoms with Crippen LogP contribution in [0.15, 0.2) is 110 Å². The second-order valence-electron chi connectivity index (χ2n) is 15.6. The number of Topliss-reactive ketones (excluding diaryl/α,β-unsaturated/α-hetero) is 1. The number of aromatic hydroxyl groups is 1. The molecule has 3 aliphatic rings. The Morgan fingerprint density at radius 2 is 1.69 bits per heavy atom. The van der Waals surface area contributed by atoms with Gasteiger partial charge in [0.25, 0.3) is 0 Å². The number of carbonyl (C=O) groups is 4. The van der Waals surface area contributed by atoms with Gasteiger partial charge in [0.15, 0.2) is 5.78 Å². The summed E-state index contributed by atoms with van der Waals surface area (Å²) in [5.41, 5.74) is 4.89. The summed E-state index contributed by atoms with van der Waals surface area (Å²) < 4.78 is 1.94. The molecule has 13 nitrogen and oxygen atoms in total. The lowest BCUT2D eigenvalue weighted by molar-refractivity contribution is -0.205. The van der Waals surface area contributed by atoms with Crippen molar-refractivity contribution >= 4 is 40.2 Å². The number of pyridine rings is 1. The maximum atomic E-state index is 14.7. The number of anilines is 1. The van der Waals surface area contributed by atoms with E-state index < -0.39 is 12.2 Å². The highest BCUT2D eigenvalue weighted by Gasteiger charge is 2.51. The number of benzene rings is 3. The second kappa shape index (κ2) is 17.3. The third kappa shape index (κ3) is 8.34. The Labute approximate surface area is 344 Å². The van der Waals surface area contributed by atoms with E-state index in [1.165, 1.54) is 0 Å². The van der Waals surface area contributed by atoms with Crippen molar-refractivity contribution in [1.82, 2.24) is 34.7 Å². The number of nitrogens with zero attached hydrogens (tertiary/aromatic N) is 7. The number of fused-ring (bicyclic) bond motifs is 2. The summed E-state index contributed by atoms with van der Waals surface area (Å²) in [6, 6.07) is 25.3. The first-order valence-corrected chi connectivity index (χ1v) is 20.3. The van der Waals surface area contributed by atoms with Crippen LogP contribution in [0.3, 0.4) is 0 Å². The van der Waals surface area contributed by atoms with Crippen LogP contribution in [0.1, 0.15) is 39.0 Å². The van der Waals surface area contributed by atoms with Gasteiger partial charge in [-0.2, -0.15) is 0 Å². The lowest BCUT2D eigenvalue weighted by Crippen LogP contribution is -2.75. The summed E-state index contributed by atoms with van der Waals surface area (Å²) in [4.78, 5) is 67.3. The average molecular weight is 795 g/mol. The van der Waals surface area contributed by atoms with E-state index in [-0.39, 0.29) is 74.7 Å². The number of para-hydroxylation sites is 1. The normalized spacial score (nSPS) is 18.7. The predicted octanol–water partition coefficient (Wildman–Crippen LogP) is 4.10. The number of aryl methyl sites for hydroxylation is 2.